The summed E-state index contributed by atoms with van der Waals surface area (Å²) in [5, 5.41) is 1.33. The lowest BCUT2D eigenvalue weighted by Gasteiger charge is -2.32. The normalized spacial score (nSPS) is 23.5. The minimum absolute atomic E-state index is 0.647. The van der Waals surface area contributed by atoms with Gasteiger partial charge in [-0.3, -0.25) is 0 Å². The van der Waals surface area contributed by atoms with Crippen LogP contribution in [0.1, 0.15) is 99.1 Å². The van der Waals surface area contributed by atoms with Crippen molar-refractivity contribution in [2.75, 3.05) is 39.3 Å². The van der Waals surface area contributed by atoms with Crippen LogP contribution < -0.4 is 0 Å². The zero-order chi connectivity index (χ0) is 41.0. The Balaban J connectivity index is 0.000000179. The maximum Gasteiger partial charge on any atom is 0.0129 e. The summed E-state index contributed by atoms with van der Waals surface area (Å²) in [7, 11) is 0. The van der Waals surface area contributed by atoms with Crippen LogP contribution in [0.5, 0.6) is 0 Å². The summed E-state index contributed by atoms with van der Waals surface area (Å²) in [4.78, 5) is 8.36. The van der Waals surface area contributed by atoms with Crippen LogP contribution in [0.4, 0.5) is 0 Å². The first kappa shape index (κ1) is 44.0. The van der Waals surface area contributed by atoms with Crippen molar-refractivity contribution in [1.29, 1.82) is 0 Å². The summed E-state index contributed by atoms with van der Waals surface area (Å²) < 4.78 is 0. The van der Waals surface area contributed by atoms with Crippen LogP contribution in [0.3, 0.4) is 0 Å². The van der Waals surface area contributed by atoms with Crippen LogP contribution in [0.25, 0.3) is 0 Å². The molecule has 0 aliphatic carbocycles. The summed E-state index contributed by atoms with van der Waals surface area (Å²) in [5.41, 5.74) is 12.1. The van der Waals surface area contributed by atoms with Crippen molar-refractivity contribution in [3.05, 3.63) is 154 Å². The third-order valence-electron chi connectivity index (χ3n) is 13.6. The largest absolute Gasteiger partial charge is 0.303 e. The summed E-state index contributed by atoms with van der Waals surface area (Å²) in [5.74, 6) is 2.38. The van der Waals surface area contributed by atoms with Gasteiger partial charge in [0.2, 0.25) is 0 Å². The topological polar surface area (TPSA) is 6.48 Å². The Hall–Kier alpha value is -3.02. The molecule has 4 heterocycles. The lowest BCUT2D eigenvalue weighted by Crippen LogP contribution is -2.34. The quantitative estimate of drug-likeness (QED) is 0.147. The molecule has 0 unspecified atom stereocenters. The Kier molecular flexibility index (Phi) is 16.6. The third-order valence-corrected chi connectivity index (χ3v) is 16.3. The molecule has 2 saturated heterocycles. The molecule has 0 bridgehead atoms. The molecule has 4 aromatic rings. The average molecular weight is 825 g/mol. The van der Waals surface area contributed by atoms with E-state index in [0.717, 1.165) is 24.7 Å². The minimum atomic E-state index is 0.647. The number of piperidine rings is 2. The second-order valence-electron chi connectivity index (χ2n) is 18.5. The van der Waals surface area contributed by atoms with Gasteiger partial charge in [0.15, 0.2) is 0 Å². The van der Waals surface area contributed by atoms with Gasteiger partial charge in [0.05, 0.1) is 0 Å². The number of hydrogen-bond acceptors (Lipinski definition) is 4. The van der Waals surface area contributed by atoms with E-state index in [2.05, 4.69) is 177 Å². The zero-order valence-corrected chi connectivity index (χ0v) is 38.6. The molecule has 3 atom stereocenters. The SMILES string of the molecule is Cc1ccc2c(c1)C/C(=C/CCN1CCC(Cc3ccccc3)CC1)C[C@@H](C)S2.Cc1ccc2c(c1)C/C(=C\CCN1CCC(Cc3ccccc3)CC1)[C@H](C)[C@H](C)S2. The van der Waals surface area contributed by atoms with E-state index in [1.807, 2.05) is 0 Å². The van der Waals surface area contributed by atoms with Crippen LogP contribution in [-0.4, -0.2) is 59.6 Å². The molecule has 0 radical (unpaired) electrons. The van der Waals surface area contributed by atoms with Crippen molar-refractivity contribution in [2.45, 2.75) is 126 Å². The van der Waals surface area contributed by atoms with Gasteiger partial charge in [-0.2, -0.15) is 0 Å². The first-order valence-corrected chi connectivity index (χ1v) is 24.9. The van der Waals surface area contributed by atoms with Gasteiger partial charge < -0.3 is 9.80 Å². The molecule has 59 heavy (non-hydrogen) atoms. The highest BCUT2D eigenvalue weighted by molar-refractivity contribution is 8.00. The fraction of sp³-hybridized carbons (Fsp3) is 0.491. The number of benzene rings is 4. The van der Waals surface area contributed by atoms with Crippen LogP contribution in [0.15, 0.2) is 130 Å². The number of rotatable bonds is 10. The van der Waals surface area contributed by atoms with Gasteiger partial charge in [-0.15, -0.1) is 23.5 Å². The number of nitrogens with zero attached hydrogens (tertiary/aromatic N) is 2. The average Bonchev–Trinajstić information content (AvgIpc) is 3.47. The van der Waals surface area contributed by atoms with Crippen molar-refractivity contribution >= 4 is 23.5 Å². The summed E-state index contributed by atoms with van der Waals surface area (Å²) in [6, 6.07) is 36.0. The predicted molar refractivity (Wildman–Crippen MR) is 258 cm³/mol. The number of thioether (sulfide) groups is 2. The highest BCUT2D eigenvalue weighted by Crippen LogP contribution is 2.40. The predicted octanol–water partition coefficient (Wildman–Crippen LogP) is 13.6. The molecular formula is C55H72N2S2. The highest BCUT2D eigenvalue weighted by atomic mass is 32.2. The van der Waals surface area contributed by atoms with E-state index in [1.54, 1.807) is 11.1 Å². The number of hydrogen-bond donors (Lipinski definition) is 0. The Morgan fingerprint density at radius 3 is 1.61 bits per heavy atom. The Morgan fingerprint density at radius 1 is 0.576 bits per heavy atom. The van der Waals surface area contributed by atoms with E-state index in [1.165, 1.54) is 140 Å². The van der Waals surface area contributed by atoms with Gasteiger partial charge in [0.25, 0.3) is 0 Å². The molecule has 8 rings (SSSR count). The van der Waals surface area contributed by atoms with Crippen LogP contribution in [0, 0.1) is 31.6 Å². The van der Waals surface area contributed by atoms with E-state index in [9.17, 15) is 0 Å². The second-order valence-corrected chi connectivity index (χ2v) is 21.4. The monoisotopic (exact) mass is 825 g/mol. The van der Waals surface area contributed by atoms with Crippen LogP contribution in [0.2, 0.25) is 0 Å². The van der Waals surface area contributed by atoms with Gasteiger partial charge in [0.1, 0.15) is 0 Å². The first-order chi connectivity index (χ1) is 28.7. The van der Waals surface area contributed by atoms with Gasteiger partial charge in [0, 0.05) is 33.4 Å². The van der Waals surface area contributed by atoms with E-state index in [-0.39, 0.29) is 0 Å². The number of allylic oxidation sites excluding steroid dienone is 2. The lowest BCUT2D eigenvalue weighted by molar-refractivity contribution is 0.186. The molecule has 4 aliphatic rings. The molecule has 0 aromatic heterocycles. The first-order valence-electron chi connectivity index (χ1n) is 23.2. The number of likely N-dealkylation sites (tertiary alicyclic amines) is 2. The summed E-state index contributed by atoms with van der Waals surface area (Å²) in [6.07, 6.45) is 19.0. The molecule has 2 fully saturated rings. The fourth-order valence-corrected chi connectivity index (χ4v) is 12.2. The molecule has 314 valence electrons. The smallest absolute Gasteiger partial charge is 0.0129 e. The number of aryl methyl sites for hydroxylation is 2. The maximum absolute atomic E-state index is 2.69. The molecule has 4 aliphatic heterocycles. The van der Waals surface area contributed by atoms with Crippen molar-refractivity contribution < 1.29 is 0 Å². The molecule has 4 heteroatoms. The zero-order valence-electron chi connectivity index (χ0n) is 37.0. The Morgan fingerprint density at radius 2 is 1.07 bits per heavy atom. The van der Waals surface area contributed by atoms with Crippen LogP contribution in [-0.2, 0) is 25.7 Å². The molecule has 4 aromatic carbocycles. The molecule has 0 amide bonds. The molecule has 2 nitrogen and oxygen atoms in total. The summed E-state index contributed by atoms with van der Waals surface area (Å²) >= 11 is 4.12. The van der Waals surface area contributed by atoms with E-state index in [4.69, 9.17) is 0 Å². The standard InChI is InChI=1S/C28H37NS.C27H35NS/c1-21-11-12-28-27(18-21)20-26(22(2)23(3)30-28)10-7-15-29-16-13-25(14-17-29)19-24-8-5-4-6-9-24;1-21-10-11-27-26(17-21)20-25(18-22(2)29-27)9-6-14-28-15-12-24(13-16-28)19-23-7-4-3-5-8-23/h4-6,8-12,18,22-23,25H,7,13-17,19-20H2,1-3H3;3-5,7-11,17,22,24H,6,12-16,18-20H2,1-2H3/b26-10+;25-9+/t22-,23+;22-/m11/s1. The van der Waals surface area contributed by atoms with Gasteiger partial charge in [-0.05, 0) is 163 Å². The van der Waals surface area contributed by atoms with E-state index in [0.29, 0.717) is 16.4 Å². The van der Waals surface area contributed by atoms with Gasteiger partial charge >= 0.3 is 0 Å². The lowest BCUT2D eigenvalue weighted by atomic mass is 9.89. The van der Waals surface area contributed by atoms with Gasteiger partial charge in [-0.1, -0.05) is 140 Å². The van der Waals surface area contributed by atoms with Gasteiger partial charge in [-0.25, -0.2) is 0 Å². The molecular weight excluding hydrogens is 753 g/mol. The van der Waals surface area contributed by atoms with Crippen molar-refractivity contribution in [2.24, 2.45) is 17.8 Å². The molecule has 0 saturated carbocycles. The van der Waals surface area contributed by atoms with Crippen LogP contribution >= 0.6 is 23.5 Å². The Labute approximate surface area is 367 Å². The highest BCUT2D eigenvalue weighted by Gasteiger charge is 2.25. The molecule has 0 N–H and O–H groups in total. The Bertz CT molecular complexity index is 1950. The van der Waals surface area contributed by atoms with Crippen molar-refractivity contribution in [3.63, 3.8) is 0 Å². The van der Waals surface area contributed by atoms with E-state index < -0.39 is 0 Å². The number of fused-ring (bicyclic) bond motifs is 2. The fourth-order valence-electron chi connectivity index (χ4n) is 9.87. The second kappa shape index (κ2) is 22.2. The van der Waals surface area contributed by atoms with Crippen molar-refractivity contribution in [1.82, 2.24) is 9.80 Å². The molecule has 0 spiro atoms. The maximum atomic E-state index is 2.69. The van der Waals surface area contributed by atoms with Crippen molar-refractivity contribution in [3.8, 4) is 0 Å². The third kappa shape index (κ3) is 13.5. The summed E-state index contributed by atoms with van der Waals surface area (Å²) in [6.45, 7) is 19.2. The minimum Gasteiger partial charge on any atom is -0.303 e. The van der Waals surface area contributed by atoms with E-state index >= 15 is 0 Å².